The highest BCUT2D eigenvalue weighted by Crippen LogP contribution is 2.59. The SMILES string of the molecule is CC1=CCCC2(C)C(CCC2(O)CN2CCOCC2)c2ccc(cc2C(=O)C2CCCCC2)CC(O)CC1. The number of ether oxygens (including phenoxy) is 1. The number of aliphatic hydroxyl groups is 2. The smallest absolute Gasteiger partial charge is 0.166 e. The normalized spacial score (nSPS) is 33.9. The van der Waals surface area contributed by atoms with Crippen LogP contribution in [0.1, 0.15) is 112 Å². The quantitative estimate of drug-likeness (QED) is 0.384. The summed E-state index contributed by atoms with van der Waals surface area (Å²) in [7, 11) is 0. The Morgan fingerprint density at radius 2 is 1.84 bits per heavy atom. The van der Waals surface area contributed by atoms with E-state index in [0.29, 0.717) is 18.7 Å². The largest absolute Gasteiger partial charge is 0.393 e. The van der Waals surface area contributed by atoms with Crippen molar-refractivity contribution in [2.24, 2.45) is 11.3 Å². The molecular weight excluding hydrogens is 474 g/mol. The molecule has 5 aliphatic rings. The Balaban J connectivity index is 1.55. The molecule has 6 rings (SSSR count). The van der Waals surface area contributed by atoms with E-state index in [2.05, 4.69) is 43.0 Å². The van der Waals surface area contributed by atoms with Gasteiger partial charge in [-0.05, 0) is 87.8 Å². The van der Waals surface area contributed by atoms with Crippen molar-refractivity contribution in [3.63, 3.8) is 0 Å². The van der Waals surface area contributed by atoms with Gasteiger partial charge in [-0.3, -0.25) is 9.69 Å². The Bertz CT molecular complexity index is 1010. The molecule has 0 spiro atoms. The molecule has 4 aliphatic carbocycles. The maximum atomic E-state index is 14.1. The number of aliphatic hydroxyl groups excluding tert-OH is 1. The zero-order chi connectivity index (χ0) is 26.8. The second-order valence-electron chi connectivity index (χ2n) is 13.0. The van der Waals surface area contributed by atoms with Crippen LogP contribution in [0.2, 0.25) is 0 Å². The maximum Gasteiger partial charge on any atom is 0.166 e. The first-order chi connectivity index (χ1) is 18.3. The van der Waals surface area contributed by atoms with Gasteiger partial charge in [-0.1, -0.05) is 50.0 Å². The molecule has 5 nitrogen and oxygen atoms in total. The van der Waals surface area contributed by atoms with Gasteiger partial charge in [0.25, 0.3) is 0 Å². The highest BCUT2D eigenvalue weighted by molar-refractivity contribution is 5.99. The van der Waals surface area contributed by atoms with Crippen LogP contribution in [0.4, 0.5) is 0 Å². The van der Waals surface area contributed by atoms with Gasteiger partial charge < -0.3 is 14.9 Å². The third-order valence-electron chi connectivity index (χ3n) is 10.5. The van der Waals surface area contributed by atoms with Crippen LogP contribution in [0.5, 0.6) is 0 Å². The van der Waals surface area contributed by atoms with E-state index in [4.69, 9.17) is 4.74 Å². The average molecular weight is 524 g/mol. The summed E-state index contributed by atoms with van der Waals surface area (Å²) in [6, 6.07) is 6.45. The number of rotatable bonds is 4. The summed E-state index contributed by atoms with van der Waals surface area (Å²) in [5, 5.41) is 23.2. The minimum Gasteiger partial charge on any atom is -0.393 e. The van der Waals surface area contributed by atoms with Gasteiger partial charge in [-0.2, -0.15) is 0 Å². The monoisotopic (exact) mass is 523 g/mol. The first-order valence-electron chi connectivity index (χ1n) is 15.3. The number of β-amino-alcohol motifs (C(OH)–C–C–N with tert-alkyl or cyclic N) is 1. The Kier molecular flexibility index (Phi) is 8.79. The van der Waals surface area contributed by atoms with E-state index in [-0.39, 0.29) is 17.3 Å². The van der Waals surface area contributed by atoms with Crippen molar-refractivity contribution in [2.45, 2.75) is 109 Å². The van der Waals surface area contributed by atoms with Crippen LogP contribution in [0.25, 0.3) is 0 Å². The highest BCUT2D eigenvalue weighted by atomic mass is 16.5. The summed E-state index contributed by atoms with van der Waals surface area (Å²) in [6.45, 7) is 8.32. The predicted octanol–water partition coefficient (Wildman–Crippen LogP) is 5.82. The lowest BCUT2D eigenvalue weighted by molar-refractivity contribution is -0.0959. The molecule has 1 aromatic carbocycles. The standard InChI is InChI=1S/C33H49NO4/c1-24-7-6-15-32(2)30(14-16-33(32,37)23-34-17-19-38-20-18-34)28-13-11-25(21-27(35)12-10-24)22-29(28)31(36)26-8-4-3-5-9-26/h7,11,13,22,26-27,30,35,37H,3-6,8-10,12,14-21,23H2,1-2H3. The van der Waals surface area contributed by atoms with E-state index in [9.17, 15) is 15.0 Å². The second-order valence-corrected chi connectivity index (χ2v) is 13.0. The highest BCUT2D eigenvalue weighted by Gasteiger charge is 2.57. The number of hydrogen-bond donors (Lipinski definition) is 2. The summed E-state index contributed by atoms with van der Waals surface area (Å²) in [5.41, 5.74) is 3.23. The van der Waals surface area contributed by atoms with Crippen molar-refractivity contribution < 1.29 is 19.7 Å². The van der Waals surface area contributed by atoms with Crippen LogP contribution >= 0.6 is 0 Å². The molecule has 1 aliphatic heterocycles. The number of carbonyl (C=O) groups excluding carboxylic acids is 1. The van der Waals surface area contributed by atoms with Gasteiger partial charge in [-0.15, -0.1) is 0 Å². The summed E-state index contributed by atoms with van der Waals surface area (Å²) in [4.78, 5) is 16.5. The molecule has 2 bridgehead atoms. The third kappa shape index (κ3) is 5.82. The average Bonchev–Trinajstić information content (AvgIpc) is 3.17. The number of allylic oxidation sites excluding steroid dienone is 2. The fourth-order valence-corrected chi connectivity index (χ4v) is 7.93. The molecule has 4 atom stereocenters. The topological polar surface area (TPSA) is 70.0 Å². The fourth-order valence-electron chi connectivity index (χ4n) is 7.93. The number of Topliss-reactive ketones (excluding diaryl/α,β-unsaturated/α-hetero) is 1. The molecule has 38 heavy (non-hydrogen) atoms. The van der Waals surface area contributed by atoms with E-state index >= 15 is 0 Å². The lowest BCUT2D eigenvalue weighted by Gasteiger charge is -2.46. The van der Waals surface area contributed by atoms with E-state index in [1.165, 1.54) is 12.0 Å². The van der Waals surface area contributed by atoms with Crippen molar-refractivity contribution >= 4 is 5.78 Å². The van der Waals surface area contributed by atoms with Gasteiger partial charge in [0, 0.05) is 36.5 Å². The zero-order valence-electron chi connectivity index (χ0n) is 23.7. The number of nitrogens with zero attached hydrogens (tertiary/aromatic N) is 1. The van der Waals surface area contributed by atoms with Gasteiger partial charge in [-0.25, -0.2) is 0 Å². The van der Waals surface area contributed by atoms with Crippen LogP contribution in [-0.2, 0) is 11.2 Å². The predicted molar refractivity (Wildman–Crippen MR) is 152 cm³/mol. The van der Waals surface area contributed by atoms with E-state index < -0.39 is 11.7 Å². The Morgan fingerprint density at radius 1 is 1.08 bits per heavy atom. The minimum atomic E-state index is -0.812. The number of fused-ring (bicyclic) bond motifs is 8. The van der Waals surface area contributed by atoms with Gasteiger partial charge in [0.2, 0.25) is 0 Å². The summed E-state index contributed by atoms with van der Waals surface area (Å²) >= 11 is 0. The summed E-state index contributed by atoms with van der Waals surface area (Å²) in [6.07, 6.45) is 13.0. The number of morpholine rings is 1. The van der Waals surface area contributed by atoms with E-state index in [1.54, 1.807) is 0 Å². The lowest BCUT2D eigenvalue weighted by Crippen LogP contribution is -2.54. The Morgan fingerprint density at radius 3 is 2.61 bits per heavy atom. The van der Waals surface area contributed by atoms with Crippen LogP contribution in [-0.4, -0.2) is 65.4 Å². The summed E-state index contributed by atoms with van der Waals surface area (Å²) < 4.78 is 5.59. The van der Waals surface area contributed by atoms with Crippen LogP contribution in [0, 0.1) is 11.3 Å². The van der Waals surface area contributed by atoms with Crippen molar-refractivity contribution in [1.29, 1.82) is 0 Å². The molecule has 210 valence electrons. The molecular formula is C33H49NO4. The molecule has 3 fully saturated rings. The van der Waals surface area contributed by atoms with Gasteiger partial charge in [0.05, 0.1) is 24.9 Å². The van der Waals surface area contributed by atoms with E-state index in [1.807, 2.05) is 0 Å². The molecule has 0 aromatic heterocycles. The van der Waals surface area contributed by atoms with Crippen molar-refractivity contribution in [2.75, 3.05) is 32.8 Å². The first kappa shape index (κ1) is 28.0. The molecule has 0 radical (unpaired) electrons. The maximum absolute atomic E-state index is 14.1. The Hall–Kier alpha value is -1.53. The molecule has 0 amide bonds. The molecule has 4 unspecified atom stereocenters. The van der Waals surface area contributed by atoms with Crippen LogP contribution in [0.15, 0.2) is 29.8 Å². The molecule has 1 saturated heterocycles. The van der Waals surface area contributed by atoms with Gasteiger partial charge in [0.1, 0.15) is 0 Å². The van der Waals surface area contributed by atoms with Crippen LogP contribution < -0.4 is 0 Å². The van der Waals surface area contributed by atoms with Crippen molar-refractivity contribution in [1.82, 2.24) is 4.90 Å². The third-order valence-corrected chi connectivity index (χ3v) is 10.5. The number of benzene rings is 1. The zero-order valence-corrected chi connectivity index (χ0v) is 23.7. The lowest BCUT2D eigenvalue weighted by atomic mass is 9.64. The molecule has 2 saturated carbocycles. The second kappa shape index (κ2) is 11.9. The molecule has 2 N–H and O–H groups in total. The van der Waals surface area contributed by atoms with Crippen molar-refractivity contribution in [3.8, 4) is 0 Å². The number of carbonyl (C=O) groups is 1. The summed E-state index contributed by atoms with van der Waals surface area (Å²) in [5.74, 6) is 0.531. The number of ketones is 1. The molecule has 5 heteroatoms. The van der Waals surface area contributed by atoms with Crippen LogP contribution in [0.3, 0.4) is 0 Å². The van der Waals surface area contributed by atoms with Crippen molar-refractivity contribution in [3.05, 3.63) is 46.5 Å². The van der Waals surface area contributed by atoms with Gasteiger partial charge >= 0.3 is 0 Å². The molecule has 1 heterocycles. The molecule has 1 aromatic rings. The first-order valence-corrected chi connectivity index (χ1v) is 15.3. The minimum absolute atomic E-state index is 0.104. The van der Waals surface area contributed by atoms with E-state index in [0.717, 1.165) is 107 Å². The van der Waals surface area contributed by atoms with Gasteiger partial charge in [0.15, 0.2) is 5.78 Å². The number of hydrogen-bond acceptors (Lipinski definition) is 5. The Labute approximate surface area is 229 Å². The fraction of sp³-hybridized carbons (Fsp3) is 0.727.